The van der Waals surface area contributed by atoms with Crippen LogP contribution in [-0.2, 0) is 4.74 Å². The Morgan fingerprint density at radius 1 is 1.17 bits per heavy atom. The molecule has 0 aliphatic heterocycles. The number of methoxy groups -OCH3 is 1. The van der Waals surface area contributed by atoms with E-state index in [2.05, 4.69) is 39.1 Å². The molecule has 0 saturated heterocycles. The molecule has 12 heteroatoms. The minimum Gasteiger partial charge on any atom is -0.487 e. The number of hydrogen-bond donors (Lipinski definition) is 2. The molecule has 226 valence electrons. The summed E-state index contributed by atoms with van der Waals surface area (Å²) < 4.78 is 19.6. The zero-order chi connectivity index (χ0) is 30.0. The highest BCUT2D eigenvalue weighted by Crippen LogP contribution is 2.34. The van der Waals surface area contributed by atoms with Gasteiger partial charge in [-0.1, -0.05) is 50.8 Å². The number of halogens is 1. The largest absolute Gasteiger partial charge is 0.487 e. The van der Waals surface area contributed by atoms with Crippen LogP contribution in [0.4, 0.5) is 11.6 Å². The number of aromatic nitrogens is 4. The fourth-order valence-corrected chi connectivity index (χ4v) is 4.93. The average molecular weight is 597 g/mol. The standard InChI is InChI=1S/C30H41ClN8O3/c1-21(13-33-20-34-19-32)42-27-12-22(10-11-25(27)31)23-14-35-29(36-15-23)37-26-16-39(24-8-6-5-7-9-24)38-28(26)41-18-30(2,3)17-40-4/h10-12,14-16,19-21,24H,5-9,13,17-18H2,1-4H3,(H2,32,33,34)(H,35,36,37)/t21-/m0/s1. The Bertz CT molecular complexity index is 1340. The number of anilines is 2. The van der Waals surface area contributed by atoms with Crippen molar-refractivity contribution < 1.29 is 14.2 Å². The van der Waals surface area contributed by atoms with Crippen molar-refractivity contribution >= 4 is 35.9 Å². The second kappa shape index (κ2) is 15.0. The van der Waals surface area contributed by atoms with E-state index in [0.717, 1.165) is 29.7 Å². The summed E-state index contributed by atoms with van der Waals surface area (Å²) in [5.74, 6) is 1.53. The lowest BCUT2D eigenvalue weighted by Crippen LogP contribution is -2.26. The zero-order valence-electron chi connectivity index (χ0n) is 24.8. The van der Waals surface area contributed by atoms with Crippen LogP contribution in [0.1, 0.15) is 58.9 Å². The highest BCUT2D eigenvalue weighted by atomic mass is 35.5. The third-order valence-electron chi connectivity index (χ3n) is 6.87. The number of nitrogens with one attached hydrogen (secondary N) is 1. The summed E-state index contributed by atoms with van der Waals surface area (Å²) >= 11 is 6.40. The van der Waals surface area contributed by atoms with Crippen molar-refractivity contribution in [3.05, 3.63) is 41.8 Å². The minimum absolute atomic E-state index is 0.163. The molecule has 42 heavy (non-hydrogen) atoms. The molecule has 1 saturated carbocycles. The van der Waals surface area contributed by atoms with Gasteiger partial charge in [-0.25, -0.2) is 15.0 Å². The predicted molar refractivity (Wildman–Crippen MR) is 167 cm³/mol. The highest BCUT2D eigenvalue weighted by molar-refractivity contribution is 6.32. The first-order valence-electron chi connectivity index (χ1n) is 14.3. The fraction of sp³-hybridized carbons (Fsp3) is 0.500. The van der Waals surface area contributed by atoms with Gasteiger partial charge in [0.2, 0.25) is 5.95 Å². The van der Waals surface area contributed by atoms with Gasteiger partial charge in [0, 0.05) is 30.5 Å². The topological polar surface area (TPSA) is 134 Å². The van der Waals surface area contributed by atoms with Crippen molar-refractivity contribution in [2.24, 2.45) is 21.1 Å². The van der Waals surface area contributed by atoms with E-state index in [9.17, 15) is 0 Å². The van der Waals surface area contributed by atoms with E-state index < -0.39 is 0 Å². The normalized spacial score (nSPS) is 15.4. The summed E-state index contributed by atoms with van der Waals surface area (Å²) in [6, 6.07) is 5.93. The van der Waals surface area contributed by atoms with Crippen molar-refractivity contribution in [2.45, 2.75) is 65.0 Å². The molecule has 0 unspecified atom stereocenters. The Morgan fingerprint density at radius 2 is 1.93 bits per heavy atom. The molecule has 0 bridgehead atoms. The van der Waals surface area contributed by atoms with Crippen molar-refractivity contribution in [1.29, 1.82) is 0 Å². The van der Waals surface area contributed by atoms with E-state index in [1.54, 1.807) is 25.6 Å². The molecular weight excluding hydrogens is 556 g/mol. The summed E-state index contributed by atoms with van der Waals surface area (Å²) in [4.78, 5) is 17.1. The van der Waals surface area contributed by atoms with E-state index in [0.29, 0.717) is 48.4 Å². The molecule has 1 aromatic carbocycles. The lowest BCUT2D eigenvalue weighted by Gasteiger charge is -2.23. The van der Waals surface area contributed by atoms with Gasteiger partial charge in [0.15, 0.2) is 0 Å². The Balaban J connectivity index is 1.48. The summed E-state index contributed by atoms with van der Waals surface area (Å²) in [7, 11) is 1.70. The number of aliphatic imine (C=N–C) groups is 2. The number of hydrogen-bond acceptors (Lipinski definition) is 8. The van der Waals surface area contributed by atoms with Gasteiger partial charge in [-0.05, 0) is 37.5 Å². The number of benzene rings is 1. The molecule has 0 spiro atoms. The first-order valence-corrected chi connectivity index (χ1v) is 14.6. The molecule has 1 aliphatic rings. The molecular formula is C30H41ClN8O3. The first kappa shape index (κ1) is 31.2. The van der Waals surface area contributed by atoms with E-state index in [1.807, 2.05) is 29.9 Å². The Morgan fingerprint density at radius 3 is 2.64 bits per heavy atom. The Hall–Kier alpha value is -3.70. The molecule has 1 atom stereocenters. The van der Waals surface area contributed by atoms with Gasteiger partial charge < -0.3 is 25.3 Å². The highest BCUT2D eigenvalue weighted by Gasteiger charge is 2.24. The number of nitrogens with two attached hydrogens (primary N) is 1. The fourth-order valence-electron chi connectivity index (χ4n) is 4.77. The molecule has 1 fully saturated rings. The molecule has 3 aromatic rings. The molecule has 4 rings (SSSR count). The van der Waals surface area contributed by atoms with Gasteiger partial charge in [0.05, 0.1) is 43.4 Å². The van der Waals surface area contributed by atoms with Gasteiger partial charge >= 0.3 is 0 Å². The molecule has 3 N–H and O–H groups in total. The minimum atomic E-state index is -0.212. The van der Waals surface area contributed by atoms with Crippen molar-refractivity contribution in [2.75, 3.05) is 32.2 Å². The quantitative estimate of drug-likeness (QED) is 0.169. The maximum Gasteiger partial charge on any atom is 0.256 e. The van der Waals surface area contributed by atoms with E-state index in [1.165, 1.54) is 31.9 Å². The van der Waals surface area contributed by atoms with Gasteiger partial charge in [0.1, 0.15) is 23.9 Å². The smallest absolute Gasteiger partial charge is 0.256 e. The first-order chi connectivity index (χ1) is 20.3. The van der Waals surface area contributed by atoms with Crippen LogP contribution in [0.2, 0.25) is 5.02 Å². The van der Waals surface area contributed by atoms with Crippen LogP contribution in [-0.4, -0.2) is 65.4 Å². The lowest BCUT2D eigenvalue weighted by atomic mass is 9.96. The van der Waals surface area contributed by atoms with Crippen molar-refractivity contribution in [3.8, 4) is 22.8 Å². The van der Waals surface area contributed by atoms with Gasteiger partial charge in [-0.3, -0.25) is 9.67 Å². The molecule has 2 aromatic heterocycles. The number of nitrogens with zero attached hydrogens (tertiary/aromatic N) is 6. The van der Waals surface area contributed by atoms with E-state index >= 15 is 0 Å². The third kappa shape index (κ3) is 8.90. The summed E-state index contributed by atoms with van der Waals surface area (Å²) in [5.41, 5.74) is 7.49. The van der Waals surface area contributed by atoms with E-state index in [-0.39, 0.29) is 11.5 Å². The van der Waals surface area contributed by atoms with Crippen LogP contribution in [0.25, 0.3) is 11.1 Å². The number of rotatable bonds is 14. The third-order valence-corrected chi connectivity index (χ3v) is 7.18. The van der Waals surface area contributed by atoms with Crippen LogP contribution >= 0.6 is 11.6 Å². The average Bonchev–Trinajstić information content (AvgIpc) is 3.39. The van der Waals surface area contributed by atoms with Crippen LogP contribution in [0.3, 0.4) is 0 Å². The van der Waals surface area contributed by atoms with Gasteiger partial charge in [-0.2, -0.15) is 0 Å². The molecule has 11 nitrogen and oxygen atoms in total. The SMILES string of the molecule is COCC(C)(C)COc1nn(C2CCCCC2)cc1Nc1ncc(-c2ccc(Cl)c(O[C@@H](C)CN=CN=CN)c2)cn1. The van der Waals surface area contributed by atoms with Crippen molar-refractivity contribution in [1.82, 2.24) is 19.7 Å². The Kier molecular flexibility index (Phi) is 11.1. The monoisotopic (exact) mass is 596 g/mol. The molecule has 0 amide bonds. The van der Waals surface area contributed by atoms with Crippen LogP contribution in [0.15, 0.2) is 46.8 Å². The zero-order valence-corrected chi connectivity index (χ0v) is 25.5. The maximum atomic E-state index is 6.40. The van der Waals surface area contributed by atoms with Crippen LogP contribution < -0.4 is 20.5 Å². The predicted octanol–water partition coefficient (Wildman–Crippen LogP) is 6.08. The second-order valence-corrected chi connectivity index (χ2v) is 11.7. The number of ether oxygens (including phenoxy) is 3. The van der Waals surface area contributed by atoms with Crippen molar-refractivity contribution in [3.63, 3.8) is 0 Å². The molecule has 0 radical (unpaired) electrons. The van der Waals surface area contributed by atoms with Gasteiger partial charge in [0.25, 0.3) is 5.88 Å². The van der Waals surface area contributed by atoms with Crippen LogP contribution in [0, 0.1) is 5.41 Å². The Labute approximate surface area is 252 Å². The lowest BCUT2D eigenvalue weighted by molar-refractivity contribution is 0.0626. The summed E-state index contributed by atoms with van der Waals surface area (Å²) in [5, 5.41) is 8.64. The molecule has 1 aliphatic carbocycles. The summed E-state index contributed by atoms with van der Waals surface area (Å²) in [6.07, 6.45) is 13.8. The van der Waals surface area contributed by atoms with Gasteiger partial charge in [-0.15, -0.1) is 5.10 Å². The second-order valence-electron chi connectivity index (χ2n) is 11.3. The molecule has 2 heterocycles. The van der Waals surface area contributed by atoms with E-state index in [4.69, 9.17) is 36.6 Å². The van der Waals surface area contributed by atoms with Crippen LogP contribution in [0.5, 0.6) is 11.6 Å². The summed E-state index contributed by atoms with van der Waals surface area (Å²) in [6.45, 7) is 7.56. The maximum absolute atomic E-state index is 6.40.